The summed E-state index contributed by atoms with van der Waals surface area (Å²) in [6.45, 7) is 0. The van der Waals surface area contributed by atoms with Crippen LogP contribution in [-0.4, -0.2) is 25.4 Å². The van der Waals surface area contributed by atoms with Gasteiger partial charge in [0.2, 0.25) is 0 Å². The third-order valence-corrected chi connectivity index (χ3v) is 3.73. The summed E-state index contributed by atoms with van der Waals surface area (Å²) in [6.07, 6.45) is 1.54. The van der Waals surface area contributed by atoms with Crippen LogP contribution in [0.25, 0.3) is 0 Å². The van der Waals surface area contributed by atoms with Crippen LogP contribution in [0.3, 0.4) is 0 Å². The lowest BCUT2D eigenvalue weighted by Crippen LogP contribution is -2.23. The van der Waals surface area contributed by atoms with Gasteiger partial charge in [0.05, 0.1) is 0 Å². The van der Waals surface area contributed by atoms with Gasteiger partial charge in [0.25, 0.3) is 0 Å². The van der Waals surface area contributed by atoms with Crippen LogP contribution in [0.4, 0.5) is 0 Å². The van der Waals surface area contributed by atoms with Gasteiger partial charge in [-0.05, 0) is 30.3 Å². The van der Waals surface area contributed by atoms with Crippen LogP contribution in [0.1, 0.15) is 19.3 Å². The van der Waals surface area contributed by atoms with Crippen LogP contribution in [-0.2, 0) is 11.1 Å². The van der Waals surface area contributed by atoms with Crippen LogP contribution in [0.5, 0.6) is 0 Å². The van der Waals surface area contributed by atoms with Gasteiger partial charge in [0.15, 0.2) is 0 Å². The maximum absolute atomic E-state index is 10.7. The van der Waals surface area contributed by atoms with Gasteiger partial charge in [0.1, 0.15) is 6.04 Å². The molecule has 0 heterocycles. The Morgan fingerprint density at radius 3 is 2.50 bits per heavy atom. The fraction of sp³-hybridized carbons (Fsp3) is 1.00. The normalized spacial score (nSPS) is 24.5. The van der Waals surface area contributed by atoms with E-state index in [1.54, 1.807) is 0 Å². The lowest BCUT2D eigenvalue weighted by molar-refractivity contribution is 0.502. The molecule has 0 aromatic rings. The molecule has 12 heavy (non-hydrogen) atoms. The summed E-state index contributed by atoms with van der Waals surface area (Å²) < 4.78 is 20.6. The molecule has 1 saturated carbocycles. The average molecular weight is 211 g/mol. The van der Waals surface area contributed by atoms with E-state index < -0.39 is 21.9 Å². The molecule has 1 fully saturated rings. The summed E-state index contributed by atoms with van der Waals surface area (Å²) in [4.78, 5) is 10.1. The van der Waals surface area contributed by atoms with Crippen molar-refractivity contribution in [2.75, 3.05) is 5.88 Å². The smallest absolute Gasteiger partial charge is 0.107 e. The Bertz CT molecular complexity index is 207. The van der Waals surface area contributed by atoms with Crippen LogP contribution in [0.15, 0.2) is 5.18 Å². The zero-order valence-electron chi connectivity index (χ0n) is 6.36. The molecule has 1 aliphatic carbocycles. The number of rotatable bonds is 5. The largest absolute Gasteiger partial charge is 0.772 e. The van der Waals surface area contributed by atoms with Crippen molar-refractivity contribution in [3.63, 3.8) is 0 Å². The Morgan fingerprint density at radius 2 is 2.25 bits per heavy atom. The molecular weight excluding hydrogens is 202 g/mol. The first-order chi connectivity index (χ1) is 5.64. The lowest BCUT2D eigenvalue weighted by atomic mass is 10.2. The third kappa shape index (κ3) is 2.02. The molecule has 70 valence electrons. The second-order valence-electron chi connectivity index (χ2n) is 3.04. The molecule has 0 aromatic carbocycles. The number of alkyl halides is 1. The number of hydrogen-bond donors (Lipinski definition) is 0. The molecule has 0 radical (unpaired) electrons. The monoisotopic (exact) mass is 210 g/mol. The SMILES string of the molecule is O=N[C@H](CCl)CC1(S(=O)[O-])CC1. The molecule has 1 aliphatic rings. The Hall–Kier alpha value is -0.0000000000000000763. The molecule has 0 aliphatic heterocycles. The zero-order valence-corrected chi connectivity index (χ0v) is 7.94. The minimum Gasteiger partial charge on any atom is -0.772 e. The Kier molecular flexibility index (Phi) is 3.20. The van der Waals surface area contributed by atoms with Gasteiger partial charge in [-0.3, -0.25) is 4.21 Å². The van der Waals surface area contributed by atoms with Gasteiger partial charge in [-0.15, -0.1) is 11.6 Å². The third-order valence-electron chi connectivity index (χ3n) is 2.10. The molecule has 0 saturated heterocycles. The first-order valence-corrected chi connectivity index (χ1v) is 5.23. The topological polar surface area (TPSA) is 69.6 Å². The van der Waals surface area contributed by atoms with Crippen molar-refractivity contribution in [2.24, 2.45) is 5.18 Å². The van der Waals surface area contributed by atoms with E-state index in [9.17, 15) is 13.7 Å². The molecule has 0 N–H and O–H groups in total. The molecule has 1 rings (SSSR count). The van der Waals surface area contributed by atoms with Crippen molar-refractivity contribution in [3.05, 3.63) is 4.91 Å². The number of nitroso groups, excluding NO2 is 1. The molecule has 4 nitrogen and oxygen atoms in total. The minimum atomic E-state index is -2.10. The summed E-state index contributed by atoms with van der Waals surface area (Å²) in [5.41, 5.74) is 0. The second kappa shape index (κ2) is 3.81. The van der Waals surface area contributed by atoms with E-state index in [0.717, 1.165) is 0 Å². The Balaban J connectivity index is 2.49. The van der Waals surface area contributed by atoms with Crippen LogP contribution >= 0.6 is 11.6 Å². The lowest BCUT2D eigenvalue weighted by Gasteiger charge is -2.19. The first kappa shape index (κ1) is 10.1. The maximum Gasteiger partial charge on any atom is 0.107 e. The summed E-state index contributed by atoms with van der Waals surface area (Å²) in [5, 5.41) is 2.76. The fourth-order valence-electron chi connectivity index (χ4n) is 1.13. The van der Waals surface area contributed by atoms with Crippen molar-refractivity contribution in [2.45, 2.75) is 30.1 Å². The molecule has 2 atom stereocenters. The van der Waals surface area contributed by atoms with Crippen LogP contribution < -0.4 is 0 Å². The zero-order chi connectivity index (χ0) is 9.19. The predicted molar refractivity (Wildman–Crippen MR) is 45.8 cm³/mol. The van der Waals surface area contributed by atoms with E-state index in [-0.39, 0.29) is 12.3 Å². The quantitative estimate of drug-likeness (QED) is 0.389. The van der Waals surface area contributed by atoms with Gasteiger partial charge in [0, 0.05) is 10.6 Å². The van der Waals surface area contributed by atoms with Gasteiger partial charge in [-0.2, -0.15) is 4.91 Å². The summed E-state index contributed by atoms with van der Waals surface area (Å²) in [7, 11) is 0. The Labute approximate surface area is 77.9 Å². The molecule has 0 aromatic heterocycles. The van der Waals surface area contributed by atoms with Gasteiger partial charge in [-0.25, -0.2) is 0 Å². The van der Waals surface area contributed by atoms with E-state index >= 15 is 0 Å². The molecule has 0 amide bonds. The Morgan fingerprint density at radius 1 is 1.67 bits per heavy atom. The van der Waals surface area contributed by atoms with E-state index in [1.807, 2.05) is 0 Å². The fourth-order valence-corrected chi connectivity index (χ4v) is 2.06. The average Bonchev–Trinajstić information content (AvgIpc) is 2.81. The first-order valence-electron chi connectivity index (χ1n) is 3.62. The highest BCUT2D eigenvalue weighted by atomic mass is 35.5. The van der Waals surface area contributed by atoms with E-state index in [1.165, 1.54) is 0 Å². The molecule has 1 unspecified atom stereocenters. The molecule has 0 spiro atoms. The van der Waals surface area contributed by atoms with Crippen molar-refractivity contribution in [1.82, 2.24) is 0 Å². The van der Waals surface area contributed by atoms with Crippen LogP contribution in [0.2, 0.25) is 0 Å². The maximum atomic E-state index is 10.7. The minimum absolute atomic E-state index is 0.0997. The highest BCUT2D eigenvalue weighted by Crippen LogP contribution is 2.45. The standard InChI is InChI=1S/C6H10ClNO3S/c7-4-5(8-9)3-6(1-2-6)12(10)11/h5H,1-4H2,(H,10,11)/p-1/t5-/m0/s1. The number of hydrogen-bond acceptors (Lipinski definition) is 4. The molecule has 0 bridgehead atoms. The second-order valence-corrected chi connectivity index (χ2v) is 4.68. The highest BCUT2D eigenvalue weighted by Gasteiger charge is 2.45. The summed E-state index contributed by atoms with van der Waals surface area (Å²) in [6, 6.07) is -0.563. The summed E-state index contributed by atoms with van der Waals surface area (Å²) >= 11 is 3.32. The van der Waals surface area contributed by atoms with Crippen molar-refractivity contribution >= 4 is 22.7 Å². The highest BCUT2D eigenvalue weighted by molar-refractivity contribution is 7.81. The van der Waals surface area contributed by atoms with E-state index in [4.69, 9.17) is 11.6 Å². The number of halogens is 1. The molecule has 6 heteroatoms. The van der Waals surface area contributed by atoms with E-state index in [2.05, 4.69) is 5.18 Å². The van der Waals surface area contributed by atoms with Crippen molar-refractivity contribution in [1.29, 1.82) is 0 Å². The van der Waals surface area contributed by atoms with Crippen molar-refractivity contribution < 1.29 is 8.76 Å². The number of nitrogens with zero attached hydrogens (tertiary/aromatic N) is 1. The summed E-state index contributed by atoms with van der Waals surface area (Å²) in [5.74, 6) is 0.0997. The van der Waals surface area contributed by atoms with Crippen LogP contribution in [0, 0.1) is 4.91 Å². The van der Waals surface area contributed by atoms with Gasteiger partial charge >= 0.3 is 0 Å². The molecular formula is C6H9ClNO3S-. The van der Waals surface area contributed by atoms with Gasteiger partial charge in [-0.1, -0.05) is 5.18 Å². The van der Waals surface area contributed by atoms with E-state index in [0.29, 0.717) is 12.8 Å². The van der Waals surface area contributed by atoms with Gasteiger partial charge < -0.3 is 4.55 Å². The van der Waals surface area contributed by atoms with Crippen molar-refractivity contribution in [3.8, 4) is 0 Å². The predicted octanol–water partition coefficient (Wildman–Crippen LogP) is 1.16.